The third-order valence-corrected chi connectivity index (χ3v) is 5.83. The van der Waals surface area contributed by atoms with Crippen LogP contribution >= 0.6 is 15.9 Å². The van der Waals surface area contributed by atoms with Crippen LogP contribution in [0, 0.1) is 10.1 Å². The zero-order valence-electron chi connectivity index (χ0n) is 20.9. The van der Waals surface area contributed by atoms with Crippen LogP contribution in [0.1, 0.15) is 45.0 Å². The van der Waals surface area contributed by atoms with Gasteiger partial charge < -0.3 is 14.2 Å². The van der Waals surface area contributed by atoms with Crippen LogP contribution in [0.15, 0.2) is 44.7 Å². The van der Waals surface area contributed by atoms with Gasteiger partial charge in [-0.2, -0.15) is 9.78 Å². The Morgan fingerprint density at radius 2 is 2.05 bits per heavy atom. The Balaban J connectivity index is 2.13. The lowest BCUT2D eigenvalue weighted by Gasteiger charge is -2.16. The fraction of sp³-hybridized carbons (Fsp3) is 0.360. The lowest BCUT2D eigenvalue weighted by molar-refractivity contribution is -0.386. The highest BCUT2D eigenvalue weighted by atomic mass is 79.9. The minimum Gasteiger partial charge on any atom is -0.490 e. The number of benzene rings is 2. The quantitative estimate of drug-likeness (QED) is 0.140. The van der Waals surface area contributed by atoms with E-state index in [-0.39, 0.29) is 29.2 Å². The van der Waals surface area contributed by atoms with E-state index in [0.29, 0.717) is 23.1 Å². The Hall–Kier alpha value is -3.80. The molecule has 1 atom stereocenters. The second kappa shape index (κ2) is 12.4. The molecule has 0 spiro atoms. The first-order valence-corrected chi connectivity index (χ1v) is 12.4. The van der Waals surface area contributed by atoms with Gasteiger partial charge in [-0.3, -0.25) is 14.9 Å². The van der Waals surface area contributed by atoms with Crippen LogP contribution in [-0.4, -0.2) is 46.6 Å². The molecule has 0 aliphatic rings. The summed E-state index contributed by atoms with van der Waals surface area (Å²) >= 11 is 3.38. The molecule has 0 saturated heterocycles. The van der Waals surface area contributed by atoms with Gasteiger partial charge in [0.05, 0.1) is 35.8 Å². The number of ether oxygens (including phenoxy) is 3. The summed E-state index contributed by atoms with van der Waals surface area (Å²) in [6.07, 6.45) is 2.44. The number of carbonyl (C=O) groups excluding carboxylic acids is 1. The highest BCUT2D eigenvalue weighted by molar-refractivity contribution is 9.10. The summed E-state index contributed by atoms with van der Waals surface area (Å²) in [6, 6.07) is 7.96. The standard InChI is InChI=1S/C25H27BrN4O7/c1-5-7-8-22-28-19-10-9-17(26)13-18(19)24(31)29(22)27-14-16-11-20(30(33)34)23(21(12-16)36-6-2)37-15(3)25(32)35-4/h9-15H,5-8H2,1-4H3/t15-/m1/s1. The molecular weight excluding hydrogens is 548 g/mol. The van der Waals surface area contributed by atoms with Gasteiger partial charge >= 0.3 is 11.7 Å². The molecule has 1 aromatic heterocycles. The van der Waals surface area contributed by atoms with Crippen molar-refractivity contribution in [1.82, 2.24) is 9.66 Å². The second-order valence-corrected chi connectivity index (χ2v) is 8.91. The van der Waals surface area contributed by atoms with Gasteiger partial charge in [0.15, 0.2) is 11.9 Å². The molecule has 0 bridgehead atoms. The zero-order chi connectivity index (χ0) is 27.1. The van der Waals surface area contributed by atoms with Crippen LogP contribution in [0.5, 0.6) is 11.5 Å². The third-order valence-electron chi connectivity index (χ3n) is 5.33. The van der Waals surface area contributed by atoms with E-state index in [0.717, 1.165) is 17.3 Å². The number of esters is 1. The molecule has 0 aliphatic carbocycles. The third kappa shape index (κ3) is 6.50. The summed E-state index contributed by atoms with van der Waals surface area (Å²) in [7, 11) is 1.19. The van der Waals surface area contributed by atoms with E-state index in [1.807, 2.05) is 13.0 Å². The number of halogens is 1. The van der Waals surface area contributed by atoms with E-state index >= 15 is 0 Å². The number of aryl methyl sites for hydroxylation is 1. The smallest absolute Gasteiger partial charge is 0.346 e. The van der Waals surface area contributed by atoms with Gasteiger partial charge in [-0.05, 0) is 44.5 Å². The summed E-state index contributed by atoms with van der Waals surface area (Å²) in [6.45, 7) is 5.34. The first kappa shape index (κ1) is 27.8. The summed E-state index contributed by atoms with van der Waals surface area (Å²) in [5.41, 5.74) is 0.0551. The minimum atomic E-state index is -1.11. The highest BCUT2D eigenvalue weighted by Gasteiger charge is 2.27. The van der Waals surface area contributed by atoms with E-state index in [9.17, 15) is 19.7 Å². The molecule has 196 valence electrons. The normalized spacial score (nSPS) is 12.0. The number of nitrogens with zero attached hydrogens (tertiary/aromatic N) is 4. The Morgan fingerprint density at radius 1 is 1.30 bits per heavy atom. The van der Waals surface area contributed by atoms with Crippen molar-refractivity contribution in [2.75, 3.05) is 13.7 Å². The Morgan fingerprint density at radius 3 is 2.70 bits per heavy atom. The number of methoxy groups -OCH3 is 1. The maximum Gasteiger partial charge on any atom is 0.346 e. The van der Waals surface area contributed by atoms with Gasteiger partial charge in [0, 0.05) is 22.5 Å². The van der Waals surface area contributed by atoms with Crippen molar-refractivity contribution in [2.24, 2.45) is 5.10 Å². The molecule has 0 unspecified atom stereocenters. The lowest BCUT2D eigenvalue weighted by atomic mass is 10.1. The van der Waals surface area contributed by atoms with Gasteiger partial charge in [0.25, 0.3) is 5.56 Å². The van der Waals surface area contributed by atoms with E-state index in [1.54, 1.807) is 19.1 Å². The molecule has 0 aliphatic heterocycles. The van der Waals surface area contributed by atoms with Crippen LogP contribution in [-0.2, 0) is 16.0 Å². The van der Waals surface area contributed by atoms with Gasteiger partial charge in [0.2, 0.25) is 5.75 Å². The van der Waals surface area contributed by atoms with Gasteiger partial charge in [-0.25, -0.2) is 9.78 Å². The number of hydrogen-bond acceptors (Lipinski definition) is 9. The fourth-order valence-electron chi connectivity index (χ4n) is 3.53. The molecule has 0 amide bonds. The number of nitro groups is 1. The predicted molar refractivity (Wildman–Crippen MR) is 142 cm³/mol. The molecule has 2 aromatic carbocycles. The molecule has 0 saturated carbocycles. The summed E-state index contributed by atoms with van der Waals surface area (Å²) in [4.78, 5) is 41.0. The van der Waals surface area contributed by atoms with E-state index in [2.05, 4.69) is 30.8 Å². The molecule has 3 aromatic rings. The average molecular weight is 575 g/mol. The van der Waals surface area contributed by atoms with Crippen molar-refractivity contribution in [3.63, 3.8) is 0 Å². The van der Waals surface area contributed by atoms with Crippen molar-refractivity contribution >= 4 is 44.7 Å². The molecule has 0 N–H and O–H groups in total. The predicted octanol–water partition coefficient (Wildman–Crippen LogP) is 4.63. The first-order chi connectivity index (χ1) is 17.7. The van der Waals surface area contributed by atoms with Crippen molar-refractivity contribution in [3.8, 4) is 11.5 Å². The minimum absolute atomic E-state index is 0.0491. The van der Waals surface area contributed by atoms with Crippen LogP contribution in [0.2, 0.25) is 0 Å². The Kier molecular flexibility index (Phi) is 9.34. The van der Waals surface area contributed by atoms with E-state index in [1.165, 1.54) is 37.1 Å². The van der Waals surface area contributed by atoms with Gasteiger partial charge in [0.1, 0.15) is 5.82 Å². The van der Waals surface area contributed by atoms with Gasteiger partial charge in [-0.1, -0.05) is 29.3 Å². The van der Waals surface area contributed by atoms with Crippen molar-refractivity contribution in [1.29, 1.82) is 0 Å². The molecular formula is C25H27BrN4O7. The lowest BCUT2D eigenvalue weighted by Crippen LogP contribution is -2.25. The van der Waals surface area contributed by atoms with Crippen LogP contribution < -0.4 is 15.0 Å². The van der Waals surface area contributed by atoms with Crippen LogP contribution in [0.4, 0.5) is 5.69 Å². The number of aromatic nitrogens is 2. The number of nitro benzene ring substituents is 1. The monoisotopic (exact) mass is 574 g/mol. The largest absolute Gasteiger partial charge is 0.490 e. The average Bonchev–Trinajstić information content (AvgIpc) is 2.87. The fourth-order valence-corrected chi connectivity index (χ4v) is 3.89. The van der Waals surface area contributed by atoms with Crippen molar-refractivity contribution in [3.05, 3.63) is 66.7 Å². The Labute approximate surface area is 221 Å². The Bertz CT molecular complexity index is 1400. The van der Waals surface area contributed by atoms with E-state index in [4.69, 9.17) is 9.47 Å². The summed E-state index contributed by atoms with van der Waals surface area (Å²) in [5.74, 6) is -0.380. The zero-order valence-corrected chi connectivity index (χ0v) is 22.5. The molecule has 0 fully saturated rings. The topological polar surface area (TPSA) is 135 Å². The number of hydrogen-bond donors (Lipinski definition) is 0. The van der Waals surface area contributed by atoms with E-state index < -0.39 is 22.7 Å². The van der Waals surface area contributed by atoms with Crippen molar-refractivity contribution < 1.29 is 23.9 Å². The molecule has 3 rings (SSSR count). The molecule has 12 heteroatoms. The second-order valence-electron chi connectivity index (χ2n) is 8.00. The maximum atomic E-state index is 13.3. The number of unbranched alkanes of at least 4 members (excludes halogenated alkanes) is 1. The maximum absolute atomic E-state index is 13.3. The van der Waals surface area contributed by atoms with Gasteiger partial charge in [-0.15, -0.1) is 0 Å². The molecule has 0 radical (unpaired) electrons. The number of rotatable bonds is 11. The summed E-state index contributed by atoms with van der Waals surface area (Å²) in [5, 5.41) is 16.6. The first-order valence-electron chi connectivity index (χ1n) is 11.6. The molecule has 11 nitrogen and oxygen atoms in total. The highest BCUT2D eigenvalue weighted by Crippen LogP contribution is 2.39. The SMILES string of the molecule is CCCCc1nc2ccc(Br)cc2c(=O)n1N=Cc1cc(OCC)c(O[C@H](C)C(=O)OC)c([N+](=O)[O-])c1. The number of fused-ring (bicyclic) bond motifs is 1. The summed E-state index contributed by atoms with van der Waals surface area (Å²) < 4.78 is 17.7. The van der Waals surface area contributed by atoms with Crippen LogP contribution in [0.3, 0.4) is 0 Å². The molecule has 37 heavy (non-hydrogen) atoms. The number of carbonyl (C=O) groups is 1. The van der Waals surface area contributed by atoms with Crippen LogP contribution in [0.25, 0.3) is 10.9 Å². The molecule has 1 heterocycles. The van der Waals surface area contributed by atoms with Crippen molar-refractivity contribution in [2.45, 2.75) is 46.1 Å².